The predicted octanol–water partition coefficient (Wildman–Crippen LogP) is 10.3. The van der Waals surface area contributed by atoms with Gasteiger partial charge in [0.2, 0.25) is 0 Å². The van der Waals surface area contributed by atoms with Crippen molar-refractivity contribution >= 4 is 23.4 Å². The number of rotatable bonds is 13. The normalized spacial score (nSPS) is 13.2. The number of allylic oxidation sites excluding steroid dienone is 1. The molecule has 0 amide bonds. The predicted molar refractivity (Wildman–Crippen MR) is 193 cm³/mol. The lowest BCUT2D eigenvalue weighted by Gasteiger charge is -2.35. The van der Waals surface area contributed by atoms with Crippen LogP contribution in [0.5, 0.6) is 0 Å². The number of hydrogen-bond donors (Lipinski definition) is 0. The van der Waals surface area contributed by atoms with Gasteiger partial charge in [-0.25, -0.2) is 0 Å². The van der Waals surface area contributed by atoms with Crippen LogP contribution in [0.2, 0.25) is 0 Å². The molecule has 0 N–H and O–H groups in total. The highest BCUT2D eigenvalue weighted by atomic mass is 16.1. The van der Waals surface area contributed by atoms with Crippen molar-refractivity contribution in [3.05, 3.63) is 221 Å². The van der Waals surface area contributed by atoms with E-state index in [0.717, 1.165) is 16.7 Å². The lowest BCUT2D eigenvalue weighted by atomic mass is 9.66. The molecule has 0 saturated heterocycles. The molecule has 48 heavy (non-hydrogen) atoms. The van der Waals surface area contributed by atoms with Gasteiger partial charge in [0.05, 0.1) is 0 Å². The van der Waals surface area contributed by atoms with Crippen molar-refractivity contribution in [3.63, 3.8) is 0 Å². The number of carbonyl (C=O) groups excluding carboxylic acids is 3. The van der Waals surface area contributed by atoms with Crippen molar-refractivity contribution in [3.8, 4) is 0 Å². The first-order chi connectivity index (χ1) is 23.6. The minimum Gasteiger partial charge on any atom is -0.294 e. The molecule has 0 heterocycles. The molecular formula is C45H36O3. The molecule has 0 saturated carbocycles. The lowest BCUT2D eigenvalue weighted by molar-refractivity contribution is 0.0857. The molecule has 6 rings (SSSR count). The quantitative estimate of drug-likeness (QED) is 0.0949. The summed E-state index contributed by atoms with van der Waals surface area (Å²) in [5.41, 5.74) is 4.67. The zero-order chi connectivity index (χ0) is 33.1. The smallest absolute Gasteiger partial charge is 0.189 e. The number of ketones is 3. The molecule has 0 aliphatic rings. The molecule has 0 fully saturated rings. The van der Waals surface area contributed by atoms with Crippen molar-refractivity contribution in [2.45, 2.75) is 18.3 Å². The van der Waals surface area contributed by atoms with Crippen LogP contribution >= 0.6 is 0 Å². The Bertz CT molecular complexity index is 1970. The van der Waals surface area contributed by atoms with Crippen molar-refractivity contribution < 1.29 is 14.4 Å². The minimum absolute atomic E-state index is 0.0647. The Morgan fingerprint density at radius 3 is 1.40 bits per heavy atom. The summed E-state index contributed by atoms with van der Waals surface area (Å²) in [6.45, 7) is 0. The zero-order valence-corrected chi connectivity index (χ0v) is 26.6. The number of hydrogen-bond acceptors (Lipinski definition) is 3. The van der Waals surface area contributed by atoms with Gasteiger partial charge in [0.15, 0.2) is 17.3 Å². The van der Waals surface area contributed by atoms with Crippen molar-refractivity contribution in [1.29, 1.82) is 0 Å². The van der Waals surface area contributed by atoms with E-state index in [1.807, 2.05) is 188 Å². The monoisotopic (exact) mass is 624 g/mol. The van der Waals surface area contributed by atoms with Gasteiger partial charge in [-0.3, -0.25) is 14.4 Å². The first-order valence-corrected chi connectivity index (χ1v) is 16.2. The fourth-order valence-electron chi connectivity index (χ4n) is 6.48. The van der Waals surface area contributed by atoms with Gasteiger partial charge in [0, 0.05) is 46.4 Å². The number of carbonyl (C=O) groups is 3. The lowest BCUT2D eigenvalue weighted by Crippen LogP contribution is -2.33. The van der Waals surface area contributed by atoms with E-state index in [1.54, 1.807) is 0 Å². The molecule has 0 aliphatic carbocycles. The van der Waals surface area contributed by atoms with Gasteiger partial charge in [-0.1, -0.05) is 182 Å². The Hall–Kier alpha value is -5.93. The van der Waals surface area contributed by atoms with Crippen molar-refractivity contribution in [1.82, 2.24) is 0 Å². The van der Waals surface area contributed by atoms with Crippen LogP contribution in [0.4, 0.5) is 0 Å². The first kappa shape index (κ1) is 32.0. The standard InChI is InChI=1S/C45H36O3/c46-41(35-23-11-3-12-24-35)32-39(34-21-9-2-10-22-34)43(45(48)38-29-17-6-18-30-38)42(36-25-13-4-14-26-36)40(31-33-19-7-1-8-20-33)44(47)37-27-15-5-16-28-37/h1-31,39,42-43H,32H2. The largest absolute Gasteiger partial charge is 0.294 e. The molecule has 3 unspecified atom stereocenters. The van der Waals surface area contributed by atoms with Gasteiger partial charge in [-0.15, -0.1) is 0 Å². The Morgan fingerprint density at radius 2 is 0.875 bits per heavy atom. The van der Waals surface area contributed by atoms with E-state index >= 15 is 4.79 Å². The Kier molecular flexibility index (Phi) is 10.4. The molecule has 6 aromatic carbocycles. The van der Waals surface area contributed by atoms with Crippen LogP contribution in [-0.4, -0.2) is 17.3 Å². The third kappa shape index (κ3) is 7.54. The van der Waals surface area contributed by atoms with E-state index in [4.69, 9.17) is 0 Å². The summed E-state index contributed by atoms with van der Waals surface area (Å²) < 4.78 is 0. The highest BCUT2D eigenvalue weighted by Crippen LogP contribution is 2.46. The Morgan fingerprint density at radius 1 is 0.458 bits per heavy atom. The molecule has 0 bridgehead atoms. The van der Waals surface area contributed by atoms with Crippen LogP contribution in [-0.2, 0) is 0 Å². The van der Waals surface area contributed by atoms with Crippen LogP contribution in [0.3, 0.4) is 0 Å². The van der Waals surface area contributed by atoms with Crippen LogP contribution in [0, 0.1) is 5.92 Å². The number of Topliss-reactive ketones (excluding diaryl/α,β-unsaturated/α-hetero) is 3. The highest BCUT2D eigenvalue weighted by molar-refractivity contribution is 6.13. The first-order valence-electron chi connectivity index (χ1n) is 16.2. The van der Waals surface area contributed by atoms with Crippen LogP contribution in [0.25, 0.3) is 6.08 Å². The number of benzene rings is 6. The van der Waals surface area contributed by atoms with E-state index in [-0.39, 0.29) is 23.8 Å². The summed E-state index contributed by atoms with van der Waals surface area (Å²) in [4.78, 5) is 44.0. The van der Waals surface area contributed by atoms with Crippen molar-refractivity contribution in [2.75, 3.05) is 0 Å². The van der Waals surface area contributed by atoms with Gasteiger partial charge in [0.1, 0.15) is 0 Å². The summed E-state index contributed by atoms with van der Waals surface area (Å²) >= 11 is 0. The second kappa shape index (κ2) is 15.6. The fraction of sp³-hybridized carbons (Fsp3) is 0.0889. The summed E-state index contributed by atoms with van der Waals surface area (Å²) in [6, 6.07) is 56.9. The zero-order valence-electron chi connectivity index (χ0n) is 26.6. The van der Waals surface area contributed by atoms with Gasteiger partial charge in [-0.2, -0.15) is 0 Å². The maximum atomic E-state index is 15.2. The molecule has 3 atom stereocenters. The SMILES string of the molecule is O=C(CC(c1ccccc1)C(C(=O)c1ccccc1)C(C(=Cc1ccccc1)C(=O)c1ccccc1)c1ccccc1)c1ccccc1. The summed E-state index contributed by atoms with van der Waals surface area (Å²) in [5.74, 6) is -2.42. The molecule has 0 spiro atoms. The average Bonchev–Trinajstić information content (AvgIpc) is 3.17. The second-order valence-corrected chi connectivity index (χ2v) is 11.9. The van der Waals surface area contributed by atoms with Gasteiger partial charge in [0.25, 0.3) is 0 Å². The second-order valence-electron chi connectivity index (χ2n) is 11.9. The molecule has 0 aliphatic heterocycles. The molecular weight excluding hydrogens is 588 g/mol. The Labute approximate surface area is 282 Å². The van der Waals surface area contributed by atoms with E-state index in [0.29, 0.717) is 22.3 Å². The summed E-state index contributed by atoms with van der Waals surface area (Å²) in [5, 5.41) is 0. The van der Waals surface area contributed by atoms with Crippen LogP contribution < -0.4 is 0 Å². The average molecular weight is 625 g/mol. The van der Waals surface area contributed by atoms with E-state index in [2.05, 4.69) is 0 Å². The van der Waals surface area contributed by atoms with Gasteiger partial charge in [-0.05, 0) is 22.8 Å². The molecule has 3 heteroatoms. The summed E-state index contributed by atoms with van der Waals surface area (Å²) in [6.07, 6.45) is 2.00. The van der Waals surface area contributed by atoms with Gasteiger partial charge < -0.3 is 0 Å². The molecule has 234 valence electrons. The Balaban J connectivity index is 1.63. The third-order valence-electron chi connectivity index (χ3n) is 8.80. The maximum Gasteiger partial charge on any atom is 0.189 e. The molecule has 6 aromatic rings. The van der Waals surface area contributed by atoms with Crippen molar-refractivity contribution in [2.24, 2.45) is 5.92 Å². The van der Waals surface area contributed by atoms with Gasteiger partial charge >= 0.3 is 0 Å². The van der Waals surface area contributed by atoms with E-state index in [9.17, 15) is 9.59 Å². The van der Waals surface area contributed by atoms with E-state index in [1.165, 1.54) is 0 Å². The fourth-order valence-corrected chi connectivity index (χ4v) is 6.48. The third-order valence-corrected chi connectivity index (χ3v) is 8.80. The van der Waals surface area contributed by atoms with Crippen LogP contribution in [0.15, 0.2) is 188 Å². The molecule has 3 nitrogen and oxygen atoms in total. The highest BCUT2D eigenvalue weighted by Gasteiger charge is 2.42. The molecule has 0 radical (unpaired) electrons. The minimum atomic E-state index is -0.813. The molecule has 0 aromatic heterocycles. The van der Waals surface area contributed by atoms with Crippen LogP contribution in [0.1, 0.15) is 66.0 Å². The summed E-state index contributed by atoms with van der Waals surface area (Å²) in [7, 11) is 0. The van der Waals surface area contributed by atoms with E-state index < -0.39 is 17.8 Å². The topological polar surface area (TPSA) is 51.2 Å². The maximum absolute atomic E-state index is 15.2.